The van der Waals surface area contributed by atoms with E-state index >= 15 is 0 Å². The second kappa shape index (κ2) is 5.72. The SMILES string of the molecule is COC1(OC)C=CC=C2C=C(c3cc(C)c(O)c(C)c3)OC=C21. The summed E-state index contributed by atoms with van der Waals surface area (Å²) in [5.74, 6) is 0.119. The van der Waals surface area contributed by atoms with E-state index in [1.54, 1.807) is 20.5 Å². The second-order valence-electron chi connectivity index (χ2n) is 5.67. The van der Waals surface area contributed by atoms with Gasteiger partial charge in [-0.1, -0.05) is 12.2 Å². The fourth-order valence-corrected chi connectivity index (χ4v) is 2.92. The van der Waals surface area contributed by atoms with Crippen LogP contribution < -0.4 is 0 Å². The van der Waals surface area contributed by atoms with E-state index in [0.717, 1.165) is 33.6 Å². The number of aryl methyl sites for hydroxylation is 2. The third kappa shape index (κ3) is 2.50. The topological polar surface area (TPSA) is 47.9 Å². The Morgan fingerprint density at radius 2 is 1.74 bits per heavy atom. The number of rotatable bonds is 3. The number of ether oxygens (including phenoxy) is 3. The van der Waals surface area contributed by atoms with Crippen LogP contribution in [-0.4, -0.2) is 25.1 Å². The van der Waals surface area contributed by atoms with Gasteiger partial charge in [0.25, 0.3) is 0 Å². The minimum absolute atomic E-state index is 0.319. The molecule has 0 aromatic heterocycles. The molecule has 1 aliphatic heterocycles. The number of hydrogen-bond donors (Lipinski definition) is 1. The molecule has 0 bridgehead atoms. The van der Waals surface area contributed by atoms with Crippen molar-refractivity contribution in [3.05, 3.63) is 70.5 Å². The van der Waals surface area contributed by atoms with Crippen LogP contribution in [0.1, 0.15) is 16.7 Å². The molecule has 1 heterocycles. The molecule has 4 heteroatoms. The Labute approximate surface area is 136 Å². The first kappa shape index (κ1) is 15.6. The van der Waals surface area contributed by atoms with Gasteiger partial charge >= 0.3 is 0 Å². The zero-order valence-corrected chi connectivity index (χ0v) is 13.7. The first-order chi connectivity index (χ1) is 11.0. The summed E-state index contributed by atoms with van der Waals surface area (Å²) in [7, 11) is 3.20. The van der Waals surface area contributed by atoms with Crippen LogP contribution in [0.3, 0.4) is 0 Å². The highest BCUT2D eigenvalue weighted by atomic mass is 16.7. The molecule has 0 spiro atoms. The van der Waals surface area contributed by atoms with Crippen molar-refractivity contribution in [1.29, 1.82) is 0 Å². The molecule has 1 aromatic rings. The van der Waals surface area contributed by atoms with Crippen LogP contribution in [0.15, 0.2) is 53.8 Å². The van der Waals surface area contributed by atoms with Crippen molar-refractivity contribution in [2.24, 2.45) is 0 Å². The molecule has 23 heavy (non-hydrogen) atoms. The van der Waals surface area contributed by atoms with Gasteiger partial charge in [0.2, 0.25) is 5.79 Å². The van der Waals surface area contributed by atoms with Crippen LogP contribution in [0.4, 0.5) is 0 Å². The summed E-state index contributed by atoms with van der Waals surface area (Å²) in [6.07, 6.45) is 9.36. The molecule has 2 aliphatic rings. The lowest BCUT2D eigenvalue weighted by Gasteiger charge is -2.34. The smallest absolute Gasteiger partial charge is 0.218 e. The van der Waals surface area contributed by atoms with Crippen molar-refractivity contribution in [3.63, 3.8) is 0 Å². The summed E-state index contributed by atoms with van der Waals surface area (Å²) < 4.78 is 16.9. The van der Waals surface area contributed by atoms with E-state index in [1.807, 2.05) is 50.3 Å². The van der Waals surface area contributed by atoms with Gasteiger partial charge in [-0.3, -0.25) is 0 Å². The van der Waals surface area contributed by atoms with Gasteiger partial charge in [-0.2, -0.15) is 0 Å². The molecule has 3 rings (SSSR count). The molecule has 0 saturated carbocycles. The van der Waals surface area contributed by atoms with Gasteiger partial charge in [-0.15, -0.1) is 0 Å². The fourth-order valence-electron chi connectivity index (χ4n) is 2.92. The number of phenolic OH excluding ortho intramolecular Hbond substituents is 1. The summed E-state index contributed by atoms with van der Waals surface area (Å²) in [5, 5.41) is 9.92. The number of phenols is 1. The predicted molar refractivity (Wildman–Crippen MR) is 88.7 cm³/mol. The lowest BCUT2D eigenvalue weighted by molar-refractivity contribution is -0.141. The van der Waals surface area contributed by atoms with Crippen LogP contribution >= 0.6 is 0 Å². The number of methoxy groups -OCH3 is 2. The summed E-state index contributed by atoms with van der Waals surface area (Å²) in [4.78, 5) is 0. The minimum atomic E-state index is -0.924. The third-order valence-electron chi connectivity index (χ3n) is 4.25. The molecular weight excluding hydrogens is 292 g/mol. The molecule has 0 atom stereocenters. The number of aromatic hydroxyl groups is 1. The maximum Gasteiger partial charge on any atom is 0.218 e. The average Bonchev–Trinajstić information content (AvgIpc) is 2.58. The molecular formula is C19H20O4. The van der Waals surface area contributed by atoms with Crippen molar-refractivity contribution in [3.8, 4) is 5.75 Å². The van der Waals surface area contributed by atoms with Crippen LogP contribution in [-0.2, 0) is 14.2 Å². The number of fused-ring (bicyclic) bond motifs is 1. The normalized spacial score (nSPS) is 18.5. The molecule has 0 radical (unpaired) electrons. The molecule has 1 aliphatic carbocycles. The Bertz CT molecular complexity index is 739. The Hall–Kier alpha value is -2.30. The first-order valence-corrected chi connectivity index (χ1v) is 7.40. The van der Waals surface area contributed by atoms with Gasteiger partial charge in [0.05, 0.1) is 5.57 Å². The fraction of sp³-hybridized carbons (Fsp3) is 0.263. The van der Waals surface area contributed by atoms with Crippen molar-refractivity contribution in [2.75, 3.05) is 14.2 Å². The second-order valence-corrected chi connectivity index (χ2v) is 5.67. The lowest BCUT2D eigenvalue weighted by atomic mass is 9.90. The number of benzene rings is 1. The number of hydrogen-bond acceptors (Lipinski definition) is 4. The predicted octanol–water partition coefficient (Wildman–Crippen LogP) is 3.75. The summed E-state index contributed by atoms with van der Waals surface area (Å²) in [5.41, 5.74) is 4.35. The molecule has 4 nitrogen and oxygen atoms in total. The molecule has 0 amide bonds. The third-order valence-corrected chi connectivity index (χ3v) is 4.25. The van der Waals surface area contributed by atoms with Crippen molar-refractivity contribution >= 4 is 5.76 Å². The van der Waals surface area contributed by atoms with Gasteiger partial charge < -0.3 is 19.3 Å². The van der Waals surface area contributed by atoms with Crippen molar-refractivity contribution in [2.45, 2.75) is 19.6 Å². The maximum atomic E-state index is 9.92. The zero-order valence-electron chi connectivity index (χ0n) is 13.7. The minimum Gasteiger partial charge on any atom is -0.507 e. The van der Waals surface area contributed by atoms with Crippen molar-refractivity contribution in [1.82, 2.24) is 0 Å². The highest BCUT2D eigenvalue weighted by Crippen LogP contribution is 2.39. The standard InChI is InChI=1S/C19H20O4/c1-12-8-15(9-13(2)18(12)20)17-10-14-6-5-7-19(21-3,22-4)16(14)11-23-17/h5-11,20H,1-4H3. The molecule has 0 unspecified atom stereocenters. The van der Waals surface area contributed by atoms with Crippen LogP contribution in [0.5, 0.6) is 5.75 Å². The van der Waals surface area contributed by atoms with E-state index in [4.69, 9.17) is 14.2 Å². The molecule has 120 valence electrons. The quantitative estimate of drug-likeness (QED) is 0.864. The van der Waals surface area contributed by atoms with Crippen LogP contribution in [0.25, 0.3) is 5.76 Å². The van der Waals surface area contributed by atoms with E-state index in [1.165, 1.54) is 0 Å². The van der Waals surface area contributed by atoms with Gasteiger partial charge in [0, 0.05) is 19.8 Å². The highest BCUT2D eigenvalue weighted by Gasteiger charge is 2.37. The van der Waals surface area contributed by atoms with Crippen LogP contribution in [0, 0.1) is 13.8 Å². The van der Waals surface area contributed by atoms with Gasteiger partial charge in [-0.25, -0.2) is 0 Å². The molecule has 1 N–H and O–H groups in total. The number of allylic oxidation sites excluding steroid dienone is 3. The first-order valence-electron chi connectivity index (χ1n) is 7.40. The Kier molecular flexibility index (Phi) is 3.88. The lowest BCUT2D eigenvalue weighted by Crippen LogP contribution is -2.36. The van der Waals surface area contributed by atoms with Gasteiger partial charge in [0.1, 0.15) is 17.8 Å². The molecule has 0 saturated heterocycles. The van der Waals surface area contributed by atoms with Gasteiger partial charge in [-0.05, 0) is 54.8 Å². The highest BCUT2D eigenvalue weighted by molar-refractivity contribution is 5.71. The maximum absolute atomic E-state index is 9.92. The van der Waals surface area contributed by atoms with E-state index in [0.29, 0.717) is 5.75 Å². The summed E-state index contributed by atoms with van der Waals surface area (Å²) in [6, 6.07) is 3.82. The Morgan fingerprint density at radius 3 is 2.35 bits per heavy atom. The Balaban J connectivity index is 2.01. The van der Waals surface area contributed by atoms with Crippen molar-refractivity contribution < 1.29 is 19.3 Å². The zero-order chi connectivity index (χ0) is 16.6. The van der Waals surface area contributed by atoms with Crippen LogP contribution in [0.2, 0.25) is 0 Å². The largest absolute Gasteiger partial charge is 0.507 e. The molecule has 0 fully saturated rings. The molecule has 1 aromatic carbocycles. The summed E-state index contributed by atoms with van der Waals surface area (Å²) in [6.45, 7) is 3.75. The van der Waals surface area contributed by atoms with E-state index < -0.39 is 5.79 Å². The van der Waals surface area contributed by atoms with E-state index in [-0.39, 0.29) is 0 Å². The summed E-state index contributed by atoms with van der Waals surface area (Å²) >= 11 is 0. The van der Waals surface area contributed by atoms with E-state index in [9.17, 15) is 5.11 Å². The average molecular weight is 312 g/mol. The monoisotopic (exact) mass is 312 g/mol. The van der Waals surface area contributed by atoms with E-state index in [2.05, 4.69) is 0 Å². The Morgan fingerprint density at radius 1 is 1.09 bits per heavy atom. The van der Waals surface area contributed by atoms with Gasteiger partial charge in [0.15, 0.2) is 0 Å².